The Balaban J connectivity index is 4.56. The van der Waals surface area contributed by atoms with Gasteiger partial charge in [0.25, 0.3) is 0 Å². The van der Waals surface area contributed by atoms with Gasteiger partial charge in [0, 0.05) is 32.7 Å². The first-order chi connectivity index (χ1) is 27.1. The Morgan fingerprint density at radius 1 is 0.509 bits per heavy atom. The number of rotatable bonds is 44. The molecule has 0 aromatic carbocycles. The largest absolute Gasteiger partial charge is 0.465 e. The maximum atomic E-state index is 12.9. The van der Waals surface area contributed by atoms with Crippen LogP contribution in [0.3, 0.4) is 0 Å². The molecule has 0 aromatic rings. The van der Waals surface area contributed by atoms with Crippen molar-refractivity contribution < 1.29 is 33.3 Å². The van der Waals surface area contributed by atoms with E-state index in [0.29, 0.717) is 39.3 Å². The summed E-state index contributed by atoms with van der Waals surface area (Å²) in [5, 5.41) is 3.30. The Morgan fingerprint density at radius 3 is 1.58 bits per heavy atom. The first kappa shape index (κ1) is 53.3. The number of hydrogen-bond donors (Lipinski definition) is 1. The monoisotopic (exact) mass is 780 g/mol. The van der Waals surface area contributed by atoms with E-state index in [9.17, 15) is 9.59 Å². The van der Waals surface area contributed by atoms with Crippen molar-refractivity contribution in [2.75, 3.05) is 52.7 Å². The van der Waals surface area contributed by atoms with Gasteiger partial charge in [-0.2, -0.15) is 0 Å². The molecule has 8 heteroatoms. The van der Waals surface area contributed by atoms with Gasteiger partial charge in [0.2, 0.25) is 0 Å². The molecular weight excluding hydrogens is 691 g/mol. The van der Waals surface area contributed by atoms with Gasteiger partial charge in [-0.05, 0) is 70.9 Å². The third kappa shape index (κ3) is 41.7. The van der Waals surface area contributed by atoms with Gasteiger partial charge in [0.05, 0.1) is 32.2 Å². The van der Waals surface area contributed by atoms with E-state index in [2.05, 4.69) is 57.3 Å². The molecule has 0 heterocycles. The number of esters is 2. The molecule has 0 aliphatic carbocycles. The predicted molar refractivity (Wildman–Crippen MR) is 230 cm³/mol. The number of carbonyl (C=O) groups is 2. The van der Waals surface area contributed by atoms with Gasteiger partial charge < -0.3 is 29.0 Å². The first-order valence-electron chi connectivity index (χ1n) is 23.2. The van der Waals surface area contributed by atoms with E-state index in [4.69, 9.17) is 23.7 Å². The second-order valence-electron chi connectivity index (χ2n) is 15.2. The molecule has 0 radical (unpaired) electrons. The first-order valence-corrected chi connectivity index (χ1v) is 23.2. The minimum Gasteiger partial charge on any atom is -0.465 e. The van der Waals surface area contributed by atoms with Crippen molar-refractivity contribution in [1.82, 2.24) is 5.32 Å². The van der Waals surface area contributed by atoms with Crippen LogP contribution in [0.5, 0.6) is 0 Å². The van der Waals surface area contributed by atoms with Gasteiger partial charge in [-0.1, -0.05) is 148 Å². The Kier molecular flexibility index (Phi) is 43.5. The fraction of sp³-hybridized carbons (Fsp3) is 0.872. The zero-order valence-electron chi connectivity index (χ0n) is 36.6. The molecule has 0 bridgehead atoms. The van der Waals surface area contributed by atoms with E-state index in [1.165, 1.54) is 89.9 Å². The van der Waals surface area contributed by atoms with Crippen LogP contribution in [-0.2, 0) is 33.3 Å². The minimum absolute atomic E-state index is 0.158. The number of ether oxygens (including phenoxy) is 5. The Bertz CT molecular complexity index is 846. The molecule has 0 spiro atoms. The molecule has 8 nitrogen and oxygen atoms in total. The van der Waals surface area contributed by atoms with E-state index < -0.39 is 6.29 Å². The molecule has 0 rings (SSSR count). The van der Waals surface area contributed by atoms with Crippen molar-refractivity contribution in [2.45, 2.75) is 207 Å². The lowest BCUT2D eigenvalue weighted by Gasteiger charge is -2.20. The van der Waals surface area contributed by atoms with E-state index >= 15 is 0 Å². The summed E-state index contributed by atoms with van der Waals surface area (Å²) in [4.78, 5) is 25.4. The van der Waals surface area contributed by atoms with E-state index in [1.54, 1.807) is 0 Å². The smallest absolute Gasteiger partial charge is 0.305 e. The van der Waals surface area contributed by atoms with Crippen LogP contribution < -0.4 is 5.32 Å². The topological polar surface area (TPSA) is 92.3 Å². The highest BCUT2D eigenvalue weighted by molar-refractivity contribution is 5.69. The van der Waals surface area contributed by atoms with Gasteiger partial charge in [0.15, 0.2) is 6.29 Å². The molecule has 324 valence electrons. The van der Waals surface area contributed by atoms with Crippen LogP contribution in [0.15, 0.2) is 24.3 Å². The maximum absolute atomic E-state index is 12.9. The van der Waals surface area contributed by atoms with Crippen molar-refractivity contribution in [3.8, 4) is 0 Å². The van der Waals surface area contributed by atoms with Crippen LogP contribution >= 0.6 is 0 Å². The molecular formula is C47H89NO7. The molecule has 0 fully saturated rings. The van der Waals surface area contributed by atoms with Gasteiger partial charge >= 0.3 is 11.9 Å². The second kappa shape index (κ2) is 45.0. The Hall–Kier alpha value is -1.74. The molecule has 0 aliphatic heterocycles. The molecule has 0 amide bonds. The van der Waals surface area contributed by atoms with E-state index in [1.807, 2.05) is 0 Å². The van der Waals surface area contributed by atoms with Crippen LogP contribution in [0, 0.1) is 5.92 Å². The number of allylic oxidation sites excluding steroid dienone is 4. The van der Waals surface area contributed by atoms with Crippen molar-refractivity contribution in [1.29, 1.82) is 0 Å². The van der Waals surface area contributed by atoms with Crippen molar-refractivity contribution >= 4 is 11.9 Å². The maximum Gasteiger partial charge on any atom is 0.305 e. The number of carbonyl (C=O) groups excluding carboxylic acids is 2. The van der Waals surface area contributed by atoms with Crippen LogP contribution in [-0.4, -0.2) is 71.0 Å². The van der Waals surface area contributed by atoms with Crippen molar-refractivity contribution in [2.24, 2.45) is 5.92 Å². The molecule has 55 heavy (non-hydrogen) atoms. The lowest BCUT2D eigenvalue weighted by molar-refractivity contribution is -0.161. The molecule has 0 aromatic heterocycles. The molecule has 1 N–H and O–H groups in total. The zero-order valence-corrected chi connectivity index (χ0v) is 36.6. The van der Waals surface area contributed by atoms with Crippen LogP contribution in [0.25, 0.3) is 0 Å². The second-order valence-corrected chi connectivity index (χ2v) is 15.2. The van der Waals surface area contributed by atoms with Gasteiger partial charge in [0.1, 0.15) is 0 Å². The van der Waals surface area contributed by atoms with E-state index in [0.717, 1.165) is 77.3 Å². The summed E-state index contributed by atoms with van der Waals surface area (Å²) >= 11 is 0. The fourth-order valence-corrected chi connectivity index (χ4v) is 6.16. The average Bonchev–Trinajstić information content (AvgIpc) is 3.19. The quantitative estimate of drug-likeness (QED) is 0.0283. The highest BCUT2D eigenvalue weighted by Gasteiger charge is 2.18. The SMILES string of the molecule is CCCCC/C=C\C/C=C\CCCCCCCC(=O)OCC(COCCCNCC)COC(=O)CCC(OCCCCCCCC)OCCCCCCCC. The standard InChI is InChI=1S/C47H89NO7/c1-5-9-12-15-18-19-20-21-22-23-24-25-26-27-30-34-45(49)54-42-44(41-51-38-33-37-48-8-4)43-55-46(50)35-36-47(52-39-31-28-16-13-10-6-2)53-40-32-29-17-14-11-7-3/h18-19,21-22,44,47-48H,5-17,20,23-43H2,1-4H3/b19-18-,22-21-. The summed E-state index contributed by atoms with van der Waals surface area (Å²) in [6, 6.07) is 0. The summed E-state index contributed by atoms with van der Waals surface area (Å²) in [5.74, 6) is -0.688. The van der Waals surface area contributed by atoms with Crippen molar-refractivity contribution in [3.05, 3.63) is 24.3 Å². The number of nitrogens with one attached hydrogen (secondary N) is 1. The lowest BCUT2D eigenvalue weighted by atomic mass is 10.1. The summed E-state index contributed by atoms with van der Waals surface area (Å²) in [7, 11) is 0. The van der Waals surface area contributed by atoms with E-state index in [-0.39, 0.29) is 37.5 Å². The summed E-state index contributed by atoms with van der Waals surface area (Å²) in [6.07, 6.45) is 37.8. The molecule has 0 saturated carbocycles. The molecule has 0 saturated heterocycles. The van der Waals surface area contributed by atoms with Crippen LogP contribution in [0.4, 0.5) is 0 Å². The lowest BCUT2D eigenvalue weighted by Crippen LogP contribution is -2.26. The van der Waals surface area contributed by atoms with Gasteiger partial charge in [-0.15, -0.1) is 0 Å². The summed E-state index contributed by atoms with van der Waals surface area (Å²) in [6.45, 7) is 13.2. The Morgan fingerprint density at radius 2 is 1.00 bits per heavy atom. The van der Waals surface area contributed by atoms with Crippen molar-refractivity contribution in [3.63, 3.8) is 0 Å². The predicted octanol–water partition coefficient (Wildman–Crippen LogP) is 12.4. The normalized spacial score (nSPS) is 12.4. The Labute approximate surface area is 340 Å². The minimum atomic E-state index is -0.398. The zero-order chi connectivity index (χ0) is 40.1. The van der Waals surface area contributed by atoms with Gasteiger partial charge in [-0.3, -0.25) is 9.59 Å². The summed E-state index contributed by atoms with van der Waals surface area (Å²) < 4.78 is 29.4. The third-order valence-corrected chi connectivity index (χ3v) is 9.72. The molecule has 1 unspecified atom stereocenters. The number of unbranched alkanes of at least 4 members (excludes halogenated alkanes) is 18. The fourth-order valence-electron chi connectivity index (χ4n) is 6.16. The van der Waals surface area contributed by atoms with Crippen LogP contribution in [0.1, 0.15) is 201 Å². The van der Waals surface area contributed by atoms with Crippen LogP contribution in [0.2, 0.25) is 0 Å². The average molecular weight is 780 g/mol. The van der Waals surface area contributed by atoms with Gasteiger partial charge in [-0.25, -0.2) is 0 Å². The highest BCUT2D eigenvalue weighted by Crippen LogP contribution is 2.14. The third-order valence-electron chi connectivity index (χ3n) is 9.72. The molecule has 1 atom stereocenters. The number of hydrogen-bond acceptors (Lipinski definition) is 8. The highest BCUT2D eigenvalue weighted by atomic mass is 16.7. The molecule has 0 aliphatic rings. The summed E-state index contributed by atoms with van der Waals surface area (Å²) in [5.41, 5.74) is 0.